The Hall–Kier alpha value is -1.00. The highest BCUT2D eigenvalue weighted by Gasteiger charge is 2.37. The molecule has 1 aliphatic rings. The molecule has 0 radical (unpaired) electrons. The molecule has 0 unspecified atom stereocenters. The van der Waals surface area contributed by atoms with Crippen LogP contribution in [0.5, 0.6) is 0 Å². The molecule has 64 valence electrons. The first-order valence-electron chi connectivity index (χ1n) is 3.93. The molecule has 0 saturated carbocycles. The van der Waals surface area contributed by atoms with Gasteiger partial charge in [0.25, 0.3) is 0 Å². The molecule has 2 heterocycles. The molecule has 0 aliphatic carbocycles. The van der Waals surface area contributed by atoms with Crippen molar-refractivity contribution in [2.24, 2.45) is 0 Å². The Balaban J connectivity index is 2.28. The van der Waals surface area contributed by atoms with E-state index in [0.29, 0.717) is 18.8 Å². The van der Waals surface area contributed by atoms with Crippen molar-refractivity contribution in [2.45, 2.75) is 12.5 Å². The van der Waals surface area contributed by atoms with Gasteiger partial charge in [-0.15, -0.1) is 0 Å². The fourth-order valence-corrected chi connectivity index (χ4v) is 1.18. The Labute approximate surface area is 70.7 Å². The van der Waals surface area contributed by atoms with Gasteiger partial charge in [0, 0.05) is 19.3 Å². The Morgan fingerprint density at radius 2 is 2.17 bits per heavy atom. The summed E-state index contributed by atoms with van der Waals surface area (Å²) in [6.07, 6.45) is 3.31. The van der Waals surface area contributed by atoms with Crippen LogP contribution in [0.25, 0.3) is 0 Å². The number of hydrogen-bond donors (Lipinski definition) is 2. The molecule has 0 amide bonds. The summed E-state index contributed by atoms with van der Waals surface area (Å²) >= 11 is 0. The maximum absolute atomic E-state index is 9.81. The Kier molecular flexibility index (Phi) is 1.59. The highest BCUT2D eigenvalue weighted by molar-refractivity contribution is 5.15. The molecule has 1 fully saturated rings. The van der Waals surface area contributed by atoms with Crippen LogP contribution in [0.15, 0.2) is 12.4 Å². The van der Waals surface area contributed by atoms with Crippen molar-refractivity contribution in [3.8, 4) is 0 Å². The van der Waals surface area contributed by atoms with Crippen molar-refractivity contribution < 1.29 is 5.11 Å². The van der Waals surface area contributed by atoms with E-state index in [1.54, 1.807) is 12.4 Å². The zero-order valence-corrected chi connectivity index (χ0v) is 6.91. The molecule has 0 bridgehead atoms. The lowest BCUT2D eigenvalue weighted by Crippen LogP contribution is -2.57. The second kappa shape index (κ2) is 2.50. The third kappa shape index (κ3) is 1.09. The second-order valence-electron chi connectivity index (χ2n) is 3.18. The van der Waals surface area contributed by atoms with E-state index in [0.717, 1.165) is 5.69 Å². The molecule has 2 rings (SSSR count). The monoisotopic (exact) mass is 165 g/mol. The molecule has 2 N–H and O–H groups in total. The standard InChI is InChI=1S/C8H11N3O/c1-6-2-11-7(3-10-6)8(12)4-9-5-8/h2-3,9,12H,4-5H2,1H3. The van der Waals surface area contributed by atoms with Crippen LogP contribution >= 0.6 is 0 Å². The number of nitrogens with one attached hydrogen (secondary N) is 1. The first kappa shape index (κ1) is 7.64. The van der Waals surface area contributed by atoms with Gasteiger partial charge in [0.05, 0.1) is 17.6 Å². The summed E-state index contributed by atoms with van der Waals surface area (Å²) in [6.45, 7) is 3.02. The van der Waals surface area contributed by atoms with Gasteiger partial charge >= 0.3 is 0 Å². The van der Waals surface area contributed by atoms with Gasteiger partial charge in [-0.2, -0.15) is 0 Å². The van der Waals surface area contributed by atoms with Crippen molar-refractivity contribution in [1.29, 1.82) is 0 Å². The molecule has 12 heavy (non-hydrogen) atoms. The molecule has 1 saturated heterocycles. The summed E-state index contributed by atoms with van der Waals surface area (Å²) in [6, 6.07) is 0. The lowest BCUT2D eigenvalue weighted by molar-refractivity contribution is -0.0189. The van der Waals surface area contributed by atoms with Crippen molar-refractivity contribution in [3.05, 3.63) is 23.8 Å². The van der Waals surface area contributed by atoms with Gasteiger partial charge in [0.2, 0.25) is 0 Å². The normalized spacial score (nSPS) is 20.2. The first-order chi connectivity index (χ1) is 5.71. The van der Waals surface area contributed by atoms with Crippen molar-refractivity contribution >= 4 is 0 Å². The smallest absolute Gasteiger partial charge is 0.133 e. The summed E-state index contributed by atoms with van der Waals surface area (Å²) in [5, 5.41) is 12.8. The van der Waals surface area contributed by atoms with Gasteiger partial charge in [0.1, 0.15) is 5.60 Å². The number of aromatic nitrogens is 2. The average Bonchev–Trinajstić information content (AvgIpc) is 2.02. The van der Waals surface area contributed by atoms with Crippen LogP contribution in [0.2, 0.25) is 0 Å². The highest BCUT2D eigenvalue weighted by Crippen LogP contribution is 2.21. The van der Waals surface area contributed by atoms with Crippen LogP contribution in [0.3, 0.4) is 0 Å². The largest absolute Gasteiger partial charge is 0.381 e. The predicted octanol–water partition coefficient (Wildman–Crippen LogP) is -0.424. The molecular weight excluding hydrogens is 154 g/mol. The SMILES string of the molecule is Cc1cnc(C2(O)CNC2)cn1. The fraction of sp³-hybridized carbons (Fsp3) is 0.500. The molecule has 1 aliphatic heterocycles. The minimum absolute atomic E-state index is 0.574. The van der Waals surface area contributed by atoms with E-state index < -0.39 is 5.60 Å². The summed E-state index contributed by atoms with van der Waals surface area (Å²) in [7, 11) is 0. The van der Waals surface area contributed by atoms with Gasteiger partial charge in [-0.05, 0) is 6.92 Å². The Morgan fingerprint density at radius 3 is 2.58 bits per heavy atom. The average molecular weight is 165 g/mol. The quantitative estimate of drug-likeness (QED) is 0.593. The van der Waals surface area contributed by atoms with E-state index in [9.17, 15) is 5.11 Å². The van der Waals surface area contributed by atoms with Gasteiger partial charge in [-0.1, -0.05) is 0 Å². The van der Waals surface area contributed by atoms with Gasteiger partial charge < -0.3 is 10.4 Å². The maximum atomic E-state index is 9.81. The number of aryl methyl sites for hydroxylation is 1. The first-order valence-corrected chi connectivity index (χ1v) is 3.93. The van der Waals surface area contributed by atoms with Crippen LogP contribution < -0.4 is 5.32 Å². The summed E-state index contributed by atoms with van der Waals surface area (Å²) in [4.78, 5) is 8.20. The maximum Gasteiger partial charge on any atom is 0.133 e. The minimum Gasteiger partial charge on any atom is -0.381 e. The molecule has 1 aromatic rings. The topological polar surface area (TPSA) is 58.0 Å². The molecule has 0 aromatic carbocycles. The Bertz CT molecular complexity index is 279. The van der Waals surface area contributed by atoms with Crippen molar-refractivity contribution in [1.82, 2.24) is 15.3 Å². The molecule has 4 nitrogen and oxygen atoms in total. The van der Waals surface area contributed by atoms with Gasteiger partial charge in [0.15, 0.2) is 0 Å². The van der Waals surface area contributed by atoms with E-state index >= 15 is 0 Å². The Morgan fingerprint density at radius 1 is 1.42 bits per heavy atom. The van der Waals surface area contributed by atoms with Crippen LogP contribution in [0.4, 0.5) is 0 Å². The van der Waals surface area contributed by atoms with Crippen LogP contribution in [-0.2, 0) is 5.60 Å². The molecule has 0 spiro atoms. The summed E-state index contributed by atoms with van der Waals surface area (Å²) in [5.74, 6) is 0. The zero-order valence-electron chi connectivity index (χ0n) is 6.91. The number of β-amino-alcohol motifs (C(OH)–C–C–N with tert-alkyl or cyclic N) is 1. The minimum atomic E-state index is -0.777. The van der Waals surface area contributed by atoms with Crippen molar-refractivity contribution in [2.75, 3.05) is 13.1 Å². The summed E-state index contributed by atoms with van der Waals surface area (Å²) < 4.78 is 0. The van der Waals surface area contributed by atoms with Crippen LogP contribution in [-0.4, -0.2) is 28.2 Å². The van der Waals surface area contributed by atoms with Crippen LogP contribution in [0.1, 0.15) is 11.4 Å². The number of rotatable bonds is 1. The molecule has 4 heteroatoms. The van der Waals surface area contributed by atoms with E-state index in [4.69, 9.17) is 0 Å². The third-order valence-electron chi connectivity index (χ3n) is 2.09. The second-order valence-corrected chi connectivity index (χ2v) is 3.18. The van der Waals surface area contributed by atoms with Crippen molar-refractivity contribution in [3.63, 3.8) is 0 Å². The highest BCUT2D eigenvalue weighted by atomic mass is 16.3. The van der Waals surface area contributed by atoms with E-state index in [1.165, 1.54) is 0 Å². The third-order valence-corrected chi connectivity index (χ3v) is 2.09. The predicted molar refractivity (Wildman–Crippen MR) is 43.5 cm³/mol. The fourth-order valence-electron chi connectivity index (χ4n) is 1.18. The molecule has 1 aromatic heterocycles. The number of hydrogen-bond acceptors (Lipinski definition) is 4. The lowest BCUT2D eigenvalue weighted by atomic mass is 9.93. The zero-order chi connectivity index (χ0) is 8.60. The van der Waals surface area contributed by atoms with Gasteiger partial charge in [-0.3, -0.25) is 9.97 Å². The van der Waals surface area contributed by atoms with E-state index in [-0.39, 0.29) is 0 Å². The summed E-state index contributed by atoms with van der Waals surface area (Å²) in [5.41, 5.74) is 0.752. The van der Waals surface area contributed by atoms with Gasteiger partial charge in [-0.25, -0.2) is 0 Å². The molecular formula is C8H11N3O. The number of nitrogens with zero attached hydrogens (tertiary/aromatic N) is 2. The van der Waals surface area contributed by atoms with Crippen LogP contribution in [0, 0.1) is 6.92 Å². The van der Waals surface area contributed by atoms with E-state index in [2.05, 4.69) is 15.3 Å². The molecule has 0 atom stereocenters. The lowest BCUT2D eigenvalue weighted by Gasteiger charge is -2.36. The van der Waals surface area contributed by atoms with E-state index in [1.807, 2.05) is 6.92 Å². The number of aliphatic hydroxyl groups is 1.